The third-order valence-electron chi connectivity index (χ3n) is 4.95. The number of hydrogen-bond acceptors (Lipinski definition) is 4. The van der Waals surface area contributed by atoms with Gasteiger partial charge in [0.25, 0.3) is 0 Å². The zero-order valence-electron chi connectivity index (χ0n) is 13.9. The van der Waals surface area contributed by atoms with Crippen LogP contribution in [0.1, 0.15) is 47.5 Å². The molecular weight excluding hydrogens is 272 g/mol. The minimum Gasteiger partial charge on any atom is -0.413 e. The van der Waals surface area contributed by atoms with Crippen molar-refractivity contribution in [2.24, 2.45) is 5.41 Å². The summed E-state index contributed by atoms with van der Waals surface area (Å²) in [4.78, 5) is 10.8. The SMILES string of the molecule is CC1(C)[C@@H](CC=O)O[C@@H](O)C[C@H]1O[Si](C)(C)C(C)(C)C. The first kappa shape index (κ1) is 17.8. The molecule has 1 N–H and O–H groups in total. The Morgan fingerprint density at radius 1 is 1.40 bits per heavy atom. The predicted molar refractivity (Wildman–Crippen MR) is 82.0 cm³/mol. The van der Waals surface area contributed by atoms with E-state index in [1.54, 1.807) is 0 Å². The van der Waals surface area contributed by atoms with Crippen LogP contribution in [0.15, 0.2) is 0 Å². The van der Waals surface area contributed by atoms with Gasteiger partial charge in [0.15, 0.2) is 14.6 Å². The molecule has 20 heavy (non-hydrogen) atoms. The maximum atomic E-state index is 10.8. The van der Waals surface area contributed by atoms with Crippen molar-refractivity contribution in [3.8, 4) is 0 Å². The number of hydrogen-bond donors (Lipinski definition) is 1. The summed E-state index contributed by atoms with van der Waals surface area (Å²) in [7, 11) is -1.92. The van der Waals surface area contributed by atoms with Crippen LogP contribution < -0.4 is 0 Å². The maximum Gasteiger partial charge on any atom is 0.192 e. The van der Waals surface area contributed by atoms with Crippen LogP contribution in [0.3, 0.4) is 0 Å². The highest BCUT2D eigenvalue weighted by Crippen LogP contribution is 2.44. The van der Waals surface area contributed by atoms with Gasteiger partial charge in [-0.25, -0.2) is 0 Å². The van der Waals surface area contributed by atoms with E-state index >= 15 is 0 Å². The standard InChI is InChI=1S/C15H30O4Si/c1-14(2,3)20(6,7)19-12-10-13(17)18-11(8-9-16)15(12,4)5/h9,11-13,17H,8,10H2,1-7H3/t11-,12-,13-/m1/s1. The summed E-state index contributed by atoms with van der Waals surface area (Å²) in [5, 5.41) is 10.0. The molecule has 0 unspecified atom stereocenters. The fourth-order valence-electron chi connectivity index (χ4n) is 2.29. The van der Waals surface area contributed by atoms with Crippen LogP contribution in [0.4, 0.5) is 0 Å². The van der Waals surface area contributed by atoms with Gasteiger partial charge in [-0.1, -0.05) is 34.6 Å². The third kappa shape index (κ3) is 3.69. The minimum atomic E-state index is -1.92. The summed E-state index contributed by atoms with van der Waals surface area (Å²) < 4.78 is 12.0. The van der Waals surface area contributed by atoms with Crippen molar-refractivity contribution in [2.75, 3.05) is 0 Å². The van der Waals surface area contributed by atoms with Crippen LogP contribution in [-0.2, 0) is 14.0 Å². The van der Waals surface area contributed by atoms with Crippen molar-refractivity contribution >= 4 is 14.6 Å². The molecule has 118 valence electrons. The molecule has 1 fully saturated rings. The molecule has 0 amide bonds. The fourth-order valence-corrected chi connectivity index (χ4v) is 3.76. The molecule has 5 heteroatoms. The normalized spacial score (nSPS) is 31.1. The Hall–Kier alpha value is -0.233. The molecule has 0 radical (unpaired) electrons. The second-order valence-corrected chi connectivity index (χ2v) is 12.7. The van der Waals surface area contributed by atoms with Crippen LogP contribution in [0.2, 0.25) is 18.1 Å². The van der Waals surface area contributed by atoms with Crippen molar-refractivity contribution in [3.63, 3.8) is 0 Å². The van der Waals surface area contributed by atoms with E-state index in [1.807, 2.05) is 0 Å². The molecule has 0 aromatic heterocycles. The van der Waals surface area contributed by atoms with Crippen molar-refractivity contribution in [1.29, 1.82) is 0 Å². The van der Waals surface area contributed by atoms with E-state index in [2.05, 4.69) is 47.7 Å². The summed E-state index contributed by atoms with van der Waals surface area (Å²) in [6, 6.07) is 0. The molecular formula is C15H30O4Si. The zero-order chi connectivity index (χ0) is 15.8. The van der Waals surface area contributed by atoms with Gasteiger partial charge in [0, 0.05) is 18.3 Å². The van der Waals surface area contributed by atoms with E-state index in [4.69, 9.17) is 9.16 Å². The van der Waals surface area contributed by atoms with Crippen LogP contribution in [-0.4, -0.2) is 38.2 Å². The molecule has 0 bridgehead atoms. The number of rotatable bonds is 4. The Labute approximate surface area is 124 Å². The minimum absolute atomic E-state index is 0.0860. The molecule has 1 saturated heterocycles. The van der Waals surface area contributed by atoms with Crippen LogP contribution >= 0.6 is 0 Å². The first-order chi connectivity index (χ1) is 8.91. The van der Waals surface area contributed by atoms with E-state index in [0.717, 1.165) is 6.29 Å². The van der Waals surface area contributed by atoms with Gasteiger partial charge in [-0.2, -0.15) is 0 Å². The largest absolute Gasteiger partial charge is 0.413 e. The average molecular weight is 302 g/mol. The highest BCUT2D eigenvalue weighted by Gasteiger charge is 2.49. The van der Waals surface area contributed by atoms with Crippen molar-refractivity contribution < 1.29 is 19.1 Å². The van der Waals surface area contributed by atoms with Gasteiger partial charge in [0.1, 0.15) is 6.29 Å². The lowest BCUT2D eigenvalue weighted by atomic mass is 9.76. The summed E-state index contributed by atoms with van der Waals surface area (Å²) in [6.07, 6.45) is 0.391. The highest BCUT2D eigenvalue weighted by atomic mass is 28.4. The second kappa shape index (κ2) is 5.87. The van der Waals surface area contributed by atoms with Gasteiger partial charge in [-0.15, -0.1) is 0 Å². The number of carbonyl (C=O) groups is 1. The Balaban J connectivity index is 2.94. The van der Waals surface area contributed by atoms with Crippen LogP contribution in [0, 0.1) is 5.41 Å². The van der Waals surface area contributed by atoms with E-state index in [0.29, 0.717) is 12.8 Å². The first-order valence-electron chi connectivity index (χ1n) is 7.37. The topological polar surface area (TPSA) is 55.8 Å². The van der Waals surface area contributed by atoms with E-state index in [9.17, 15) is 9.90 Å². The summed E-state index contributed by atoms with van der Waals surface area (Å²) in [5.41, 5.74) is -0.282. The van der Waals surface area contributed by atoms with E-state index in [-0.39, 0.29) is 22.7 Å². The molecule has 1 rings (SSSR count). The Morgan fingerprint density at radius 3 is 2.40 bits per heavy atom. The third-order valence-corrected chi connectivity index (χ3v) is 9.44. The Morgan fingerprint density at radius 2 is 1.95 bits per heavy atom. The molecule has 3 atom stereocenters. The Kier molecular flexibility index (Phi) is 5.23. The van der Waals surface area contributed by atoms with Crippen molar-refractivity contribution in [1.82, 2.24) is 0 Å². The van der Waals surface area contributed by atoms with E-state index < -0.39 is 14.6 Å². The lowest BCUT2D eigenvalue weighted by Crippen LogP contribution is -2.56. The lowest BCUT2D eigenvalue weighted by molar-refractivity contribution is -0.235. The summed E-state index contributed by atoms with van der Waals surface area (Å²) in [6.45, 7) is 15.1. The molecule has 0 aromatic rings. The van der Waals surface area contributed by atoms with Crippen molar-refractivity contribution in [2.45, 2.75) is 84.1 Å². The summed E-state index contributed by atoms with van der Waals surface area (Å²) >= 11 is 0. The average Bonchev–Trinajstić information content (AvgIpc) is 2.24. The van der Waals surface area contributed by atoms with Gasteiger partial charge >= 0.3 is 0 Å². The van der Waals surface area contributed by atoms with Gasteiger partial charge in [0.05, 0.1) is 12.2 Å². The molecule has 1 heterocycles. The highest BCUT2D eigenvalue weighted by molar-refractivity contribution is 6.74. The monoisotopic (exact) mass is 302 g/mol. The quantitative estimate of drug-likeness (QED) is 0.640. The number of ether oxygens (including phenoxy) is 1. The van der Waals surface area contributed by atoms with Gasteiger partial charge < -0.3 is 19.1 Å². The number of aliphatic hydroxyl groups excluding tert-OH is 1. The number of carbonyl (C=O) groups excluding carboxylic acids is 1. The zero-order valence-corrected chi connectivity index (χ0v) is 14.9. The molecule has 0 aliphatic carbocycles. The predicted octanol–water partition coefficient (Wildman–Crippen LogP) is 3.10. The van der Waals surface area contributed by atoms with Gasteiger partial charge in [-0.05, 0) is 18.1 Å². The number of aliphatic hydroxyl groups is 1. The lowest BCUT2D eigenvalue weighted by Gasteiger charge is -2.50. The second-order valence-electron chi connectivity index (χ2n) is 7.91. The molecule has 0 aromatic carbocycles. The van der Waals surface area contributed by atoms with Crippen LogP contribution in [0.25, 0.3) is 0 Å². The molecule has 4 nitrogen and oxygen atoms in total. The first-order valence-corrected chi connectivity index (χ1v) is 10.3. The smallest absolute Gasteiger partial charge is 0.192 e. The van der Waals surface area contributed by atoms with Gasteiger partial charge in [0.2, 0.25) is 0 Å². The summed E-state index contributed by atoms with van der Waals surface area (Å²) in [5.74, 6) is 0. The van der Waals surface area contributed by atoms with Gasteiger partial charge in [-0.3, -0.25) is 0 Å². The Bertz CT molecular complexity index is 346. The molecule has 1 aliphatic heterocycles. The number of aldehydes is 1. The van der Waals surface area contributed by atoms with E-state index in [1.165, 1.54) is 0 Å². The molecule has 0 spiro atoms. The van der Waals surface area contributed by atoms with Crippen molar-refractivity contribution in [3.05, 3.63) is 0 Å². The van der Waals surface area contributed by atoms with Crippen LogP contribution in [0.5, 0.6) is 0 Å². The maximum absolute atomic E-state index is 10.8. The molecule has 0 saturated carbocycles. The molecule has 1 aliphatic rings. The fraction of sp³-hybridized carbons (Fsp3) is 0.933.